The Morgan fingerprint density at radius 2 is 1.79 bits per heavy atom. The molecule has 1 aliphatic rings. The summed E-state index contributed by atoms with van der Waals surface area (Å²) in [7, 11) is 0. The summed E-state index contributed by atoms with van der Waals surface area (Å²) in [6.45, 7) is 9.25. The third-order valence-electron chi connectivity index (χ3n) is 7.19. The number of allylic oxidation sites excluding steroid dienone is 1. The lowest BCUT2D eigenvalue weighted by Crippen LogP contribution is -2.34. The van der Waals surface area contributed by atoms with E-state index in [1.165, 1.54) is 4.80 Å². The normalized spacial score (nSPS) is 14.4. The first kappa shape index (κ1) is 29.4. The number of benzene rings is 3. The highest BCUT2D eigenvalue weighted by atomic mass is 16.5. The van der Waals surface area contributed by atoms with Crippen LogP contribution in [0.1, 0.15) is 48.2 Å². The molecular formula is C33H33N5O5. The average Bonchev–Trinajstić information content (AvgIpc) is 3.43. The number of amides is 1. The predicted molar refractivity (Wildman–Crippen MR) is 164 cm³/mol. The van der Waals surface area contributed by atoms with Crippen LogP contribution >= 0.6 is 0 Å². The quantitative estimate of drug-likeness (QED) is 0.113. The summed E-state index contributed by atoms with van der Waals surface area (Å²) in [5, 5.41) is 23.1. The molecule has 10 heteroatoms. The van der Waals surface area contributed by atoms with Crippen LogP contribution in [0.15, 0.2) is 78.5 Å². The van der Waals surface area contributed by atoms with Crippen molar-refractivity contribution in [3.63, 3.8) is 0 Å². The van der Waals surface area contributed by atoms with E-state index >= 15 is 0 Å². The Bertz CT molecular complexity index is 1680. The van der Waals surface area contributed by atoms with Gasteiger partial charge in [0.1, 0.15) is 22.5 Å². The number of Topliss-reactive ketones (excluding diaryl/α,β-unsaturated/α-hetero) is 2. The largest absolute Gasteiger partial charge is 0.505 e. The van der Waals surface area contributed by atoms with E-state index in [9.17, 15) is 19.5 Å². The molecular weight excluding hydrogens is 546 g/mol. The molecule has 10 nitrogen and oxygen atoms in total. The van der Waals surface area contributed by atoms with Gasteiger partial charge in [0.2, 0.25) is 0 Å². The van der Waals surface area contributed by atoms with Crippen molar-refractivity contribution in [3.05, 3.63) is 95.2 Å². The van der Waals surface area contributed by atoms with Crippen molar-refractivity contribution in [1.29, 1.82) is 0 Å². The number of aromatic hydroxyl groups is 1. The summed E-state index contributed by atoms with van der Waals surface area (Å²) in [4.78, 5) is 41.2. The van der Waals surface area contributed by atoms with E-state index in [0.717, 1.165) is 5.69 Å². The number of ether oxygens (including phenoxy) is 1. The second kappa shape index (κ2) is 12.8. The number of nitrogens with zero attached hydrogens (tertiary/aromatic N) is 4. The molecule has 43 heavy (non-hydrogen) atoms. The Labute approximate surface area is 249 Å². The lowest BCUT2D eigenvalue weighted by Gasteiger charge is -2.25. The SMILES string of the molecule is C=C1CC(=O)/C(=C\c2ccc(N(CC)Cc3cc(C(=O)CCOCC)cc(-n4nc5ccccc5n4)c3O)cc2)C(=O)N1. The fourth-order valence-electron chi connectivity index (χ4n) is 4.91. The molecule has 5 rings (SSSR count). The van der Waals surface area contributed by atoms with Gasteiger partial charge in [0.15, 0.2) is 11.6 Å². The molecule has 1 amide bonds. The Balaban J connectivity index is 1.46. The molecule has 2 heterocycles. The Morgan fingerprint density at radius 3 is 2.42 bits per heavy atom. The van der Waals surface area contributed by atoms with Crippen LogP contribution in [0.5, 0.6) is 5.75 Å². The van der Waals surface area contributed by atoms with Gasteiger partial charge >= 0.3 is 0 Å². The number of hydrogen-bond donors (Lipinski definition) is 2. The van der Waals surface area contributed by atoms with Crippen molar-refractivity contribution in [2.24, 2.45) is 0 Å². The molecule has 1 aromatic heterocycles. The number of piperidine rings is 1. The van der Waals surface area contributed by atoms with Crippen molar-refractivity contribution >= 4 is 40.3 Å². The number of phenolic OH excluding ortho intramolecular Hbond substituents is 1. The van der Waals surface area contributed by atoms with Gasteiger partial charge in [0.25, 0.3) is 5.91 Å². The molecule has 0 atom stereocenters. The minimum Gasteiger partial charge on any atom is -0.505 e. The van der Waals surface area contributed by atoms with Crippen LogP contribution in [0, 0.1) is 0 Å². The Kier molecular flexibility index (Phi) is 8.77. The van der Waals surface area contributed by atoms with Crippen LogP contribution in [0.25, 0.3) is 22.8 Å². The molecule has 2 N–H and O–H groups in total. The minimum absolute atomic E-state index is 0.0233. The van der Waals surface area contributed by atoms with Crippen molar-refractivity contribution in [1.82, 2.24) is 20.3 Å². The van der Waals surface area contributed by atoms with E-state index in [1.54, 1.807) is 18.2 Å². The molecule has 3 aromatic carbocycles. The molecule has 0 aliphatic carbocycles. The molecule has 0 bridgehead atoms. The van der Waals surface area contributed by atoms with Crippen LogP contribution in [-0.2, 0) is 20.9 Å². The smallest absolute Gasteiger partial charge is 0.259 e. The van der Waals surface area contributed by atoms with E-state index < -0.39 is 5.91 Å². The van der Waals surface area contributed by atoms with Crippen LogP contribution in [0.2, 0.25) is 0 Å². The van der Waals surface area contributed by atoms with Gasteiger partial charge in [-0.3, -0.25) is 14.4 Å². The third kappa shape index (κ3) is 6.54. The molecule has 1 saturated heterocycles. The number of ketones is 2. The monoisotopic (exact) mass is 579 g/mol. The molecule has 0 radical (unpaired) electrons. The summed E-state index contributed by atoms with van der Waals surface area (Å²) in [6.07, 6.45) is 1.86. The topological polar surface area (TPSA) is 127 Å². The first-order chi connectivity index (χ1) is 20.8. The van der Waals surface area contributed by atoms with E-state index in [-0.39, 0.29) is 35.7 Å². The van der Waals surface area contributed by atoms with Gasteiger partial charge in [-0.05, 0) is 61.9 Å². The molecule has 1 fully saturated rings. The van der Waals surface area contributed by atoms with Crippen molar-refractivity contribution < 1.29 is 24.2 Å². The third-order valence-corrected chi connectivity index (χ3v) is 7.19. The Morgan fingerprint density at radius 1 is 1.09 bits per heavy atom. The molecule has 0 saturated carbocycles. The van der Waals surface area contributed by atoms with Crippen LogP contribution in [-0.4, -0.2) is 57.3 Å². The fourth-order valence-corrected chi connectivity index (χ4v) is 4.91. The maximum absolute atomic E-state index is 13.1. The number of anilines is 1. The van der Waals surface area contributed by atoms with Gasteiger partial charge in [-0.1, -0.05) is 30.8 Å². The zero-order valence-electron chi connectivity index (χ0n) is 24.2. The Hall–Kier alpha value is -5.09. The van der Waals surface area contributed by atoms with Gasteiger partial charge in [0.05, 0.1) is 18.6 Å². The fraction of sp³-hybridized carbons (Fsp3) is 0.242. The highest BCUT2D eigenvalue weighted by molar-refractivity contribution is 6.25. The number of fused-ring (bicyclic) bond motifs is 1. The lowest BCUT2D eigenvalue weighted by atomic mass is 9.99. The average molecular weight is 580 g/mol. The first-order valence-electron chi connectivity index (χ1n) is 14.2. The van der Waals surface area contributed by atoms with E-state index in [1.807, 2.05) is 67.3 Å². The lowest BCUT2D eigenvalue weighted by molar-refractivity contribution is -0.123. The number of carbonyl (C=O) groups excluding carboxylic acids is 3. The predicted octanol–water partition coefficient (Wildman–Crippen LogP) is 4.75. The molecule has 220 valence electrons. The number of carbonyl (C=O) groups is 3. The number of phenols is 1. The summed E-state index contributed by atoms with van der Waals surface area (Å²) >= 11 is 0. The first-order valence-corrected chi connectivity index (χ1v) is 14.2. The van der Waals surface area contributed by atoms with Gasteiger partial charge in [-0.2, -0.15) is 0 Å². The molecule has 0 spiro atoms. The standard InChI is InChI=1S/C33H33N5O5/c1-4-37(25-12-10-22(11-13-25)17-26-31(40)16-21(3)34-33(26)42)20-24-18-23(30(39)14-15-43-5-2)19-29(32(24)41)38-35-27-8-6-7-9-28(27)36-38/h6-13,17-19,41H,3-5,14-16,20H2,1-2H3,(H,34,42)/b26-17+. The maximum Gasteiger partial charge on any atom is 0.259 e. The molecule has 0 unspecified atom stereocenters. The zero-order chi connectivity index (χ0) is 30.5. The van der Waals surface area contributed by atoms with Crippen LogP contribution in [0.4, 0.5) is 5.69 Å². The highest BCUT2D eigenvalue weighted by Gasteiger charge is 2.25. The summed E-state index contributed by atoms with van der Waals surface area (Å²) in [5.41, 5.74) is 4.66. The van der Waals surface area contributed by atoms with E-state index in [0.29, 0.717) is 65.4 Å². The maximum atomic E-state index is 13.1. The van der Waals surface area contributed by atoms with Crippen molar-refractivity contribution in [2.75, 3.05) is 24.7 Å². The van der Waals surface area contributed by atoms with Gasteiger partial charge in [0, 0.05) is 48.6 Å². The van der Waals surface area contributed by atoms with Crippen molar-refractivity contribution in [2.45, 2.75) is 33.2 Å². The number of hydrogen-bond acceptors (Lipinski definition) is 8. The van der Waals surface area contributed by atoms with E-state index in [4.69, 9.17) is 4.74 Å². The minimum atomic E-state index is -0.456. The summed E-state index contributed by atoms with van der Waals surface area (Å²) in [5.74, 6) is -0.862. The highest BCUT2D eigenvalue weighted by Crippen LogP contribution is 2.31. The van der Waals surface area contributed by atoms with Gasteiger partial charge in [-0.25, -0.2) is 0 Å². The second-order valence-electron chi connectivity index (χ2n) is 10.2. The molecule has 1 aliphatic heterocycles. The van der Waals surface area contributed by atoms with Crippen LogP contribution < -0.4 is 10.2 Å². The molecule has 4 aromatic rings. The number of nitrogens with one attached hydrogen (secondary N) is 1. The van der Waals surface area contributed by atoms with Gasteiger partial charge in [-0.15, -0.1) is 15.0 Å². The van der Waals surface area contributed by atoms with Gasteiger partial charge < -0.3 is 20.1 Å². The van der Waals surface area contributed by atoms with Crippen LogP contribution in [0.3, 0.4) is 0 Å². The summed E-state index contributed by atoms with van der Waals surface area (Å²) < 4.78 is 5.39. The van der Waals surface area contributed by atoms with E-state index in [2.05, 4.69) is 22.1 Å². The van der Waals surface area contributed by atoms with Crippen molar-refractivity contribution in [3.8, 4) is 11.4 Å². The second-order valence-corrected chi connectivity index (χ2v) is 10.2. The zero-order valence-corrected chi connectivity index (χ0v) is 24.2. The number of rotatable bonds is 11. The number of aromatic nitrogens is 3. The summed E-state index contributed by atoms with van der Waals surface area (Å²) in [6, 6.07) is 18.1.